The molecular formula is C10H17NO2. The van der Waals surface area contributed by atoms with Crippen LogP contribution in [-0.2, 0) is 4.79 Å². The maximum Gasteiger partial charge on any atom is 0.148 e. The van der Waals surface area contributed by atoms with Crippen molar-refractivity contribution in [3.63, 3.8) is 0 Å². The molecule has 74 valence electrons. The average Bonchev–Trinajstić information content (AvgIpc) is 2.44. The Bertz CT molecular complexity index is 211. The van der Waals surface area contributed by atoms with Gasteiger partial charge >= 0.3 is 0 Å². The highest BCUT2D eigenvalue weighted by Crippen LogP contribution is 2.34. The van der Waals surface area contributed by atoms with Crippen molar-refractivity contribution in [2.24, 2.45) is 0 Å². The van der Waals surface area contributed by atoms with Crippen LogP contribution >= 0.6 is 0 Å². The van der Waals surface area contributed by atoms with Crippen LogP contribution in [0.2, 0.25) is 0 Å². The first kappa shape index (κ1) is 9.16. The predicted octanol–water partition coefficient (Wildman–Crippen LogP) is 0.566. The molecule has 0 aromatic rings. The molecule has 0 aromatic heterocycles. The van der Waals surface area contributed by atoms with Crippen molar-refractivity contribution in [1.82, 2.24) is 4.90 Å². The molecule has 0 amide bonds. The lowest BCUT2D eigenvalue weighted by molar-refractivity contribution is -0.117. The number of Topliss-reactive ketones (excluding diaryl/α,β-unsaturated/α-hetero) is 1. The minimum Gasteiger partial charge on any atom is -0.390 e. The van der Waals surface area contributed by atoms with Crippen LogP contribution in [0.5, 0.6) is 0 Å². The smallest absolute Gasteiger partial charge is 0.148 e. The third-order valence-corrected chi connectivity index (χ3v) is 3.28. The monoisotopic (exact) mass is 183 g/mol. The Hall–Kier alpha value is -0.410. The van der Waals surface area contributed by atoms with Gasteiger partial charge in [-0.1, -0.05) is 0 Å². The van der Waals surface area contributed by atoms with Crippen LogP contribution in [0.1, 0.15) is 32.1 Å². The van der Waals surface area contributed by atoms with E-state index >= 15 is 0 Å². The molecule has 1 saturated heterocycles. The van der Waals surface area contributed by atoms with E-state index in [2.05, 4.69) is 4.90 Å². The van der Waals surface area contributed by atoms with Crippen LogP contribution < -0.4 is 0 Å². The molecule has 1 aliphatic carbocycles. The molecule has 1 heterocycles. The van der Waals surface area contributed by atoms with Gasteiger partial charge in [0.1, 0.15) is 5.78 Å². The van der Waals surface area contributed by atoms with E-state index in [0.29, 0.717) is 18.7 Å². The van der Waals surface area contributed by atoms with Crippen molar-refractivity contribution in [2.75, 3.05) is 19.6 Å². The number of rotatable bonds is 3. The number of hydrogen-bond acceptors (Lipinski definition) is 3. The second-order valence-electron chi connectivity index (χ2n) is 4.39. The summed E-state index contributed by atoms with van der Waals surface area (Å²) in [6.45, 7) is 2.40. The molecule has 1 N–H and O–H groups in total. The van der Waals surface area contributed by atoms with Crippen LogP contribution in [0.3, 0.4) is 0 Å². The van der Waals surface area contributed by atoms with E-state index < -0.39 is 0 Å². The summed E-state index contributed by atoms with van der Waals surface area (Å²) >= 11 is 0. The molecule has 0 radical (unpaired) electrons. The van der Waals surface area contributed by atoms with Gasteiger partial charge in [-0.3, -0.25) is 9.69 Å². The minimum absolute atomic E-state index is 0.348. The Morgan fingerprint density at radius 3 is 2.69 bits per heavy atom. The molecule has 0 bridgehead atoms. The van der Waals surface area contributed by atoms with Gasteiger partial charge in [0.05, 0.1) is 12.1 Å². The first-order chi connectivity index (χ1) is 6.18. The quantitative estimate of drug-likeness (QED) is 0.695. The number of carbonyl (C=O) groups is 1. The second-order valence-corrected chi connectivity index (χ2v) is 4.39. The zero-order chi connectivity index (χ0) is 9.31. The molecule has 0 unspecified atom stereocenters. The third-order valence-electron chi connectivity index (χ3n) is 3.28. The number of hydrogen-bond donors (Lipinski definition) is 1. The average molecular weight is 183 g/mol. The summed E-state index contributed by atoms with van der Waals surface area (Å²) in [4.78, 5) is 13.1. The van der Waals surface area contributed by atoms with Crippen LogP contribution in [0, 0.1) is 0 Å². The zero-order valence-electron chi connectivity index (χ0n) is 7.96. The molecule has 1 saturated carbocycles. The highest BCUT2D eigenvalue weighted by molar-refractivity contribution is 5.82. The van der Waals surface area contributed by atoms with Gasteiger partial charge in [0, 0.05) is 19.5 Å². The first-order valence-corrected chi connectivity index (χ1v) is 5.14. The van der Waals surface area contributed by atoms with Gasteiger partial charge in [0.2, 0.25) is 0 Å². The minimum atomic E-state index is -0.383. The van der Waals surface area contributed by atoms with Crippen molar-refractivity contribution in [3.8, 4) is 0 Å². The van der Waals surface area contributed by atoms with Crippen molar-refractivity contribution in [1.29, 1.82) is 0 Å². The first-order valence-electron chi connectivity index (χ1n) is 5.14. The van der Waals surface area contributed by atoms with E-state index in [4.69, 9.17) is 0 Å². The van der Waals surface area contributed by atoms with Gasteiger partial charge < -0.3 is 5.11 Å². The molecule has 2 rings (SSSR count). The second kappa shape index (κ2) is 3.39. The number of nitrogens with zero attached hydrogens (tertiary/aromatic N) is 1. The molecule has 0 spiro atoms. The molecule has 0 atom stereocenters. The number of aliphatic hydroxyl groups is 1. The van der Waals surface area contributed by atoms with Crippen molar-refractivity contribution < 1.29 is 9.90 Å². The lowest BCUT2D eigenvalue weighted by atomic mass is 9.78. The van der Waals surface area contributed by atoms with Crippen molar-refractivity contribution in [2.45, 2.75) is 37.7 Å². The molecule has 13 heavy (non-hydrogen) atoms. The van der Waals surface area contributed by atoms with Gasteiger partial charge in [-0.25, -0.2) is 0 Å². The number of likely N-dealkylation sites (tertiary alicyclic amines) is 1. The lowest BCUT2D eigenvalue weighted by Crippen LogP contribution is -2.40. The van der Waals surface area contributed by atoms with Gasteiger partial charge in [-0.05, 0) is 25.7 Å². The third kappa shape index (κ3) is 2.09. The van der Waals surface area contributed by atoms with Crippen LogP contribution in [0.25, 0.3) is 0 Å². The van der Waals surface area contributed by atoms with Crippen LogP contribution in [-0.4, -0.2) is 41.0 Å². The highest BCUT2D eigenvalue weighted by Gasteiger charge is 2.34. The van der Waals surface area contributed by atoms with E-state index in [-0.39, 0.29) is 5.60 Å². The normalized spacial score (nSPS) is 27.6. The van der Waals surface area contributed by atoms with Gasteiger partial charge in [0.15, 0.2) is 0 Å². The largest absolute Gasteiger partial charge is 0.390 e. The Balaban J connectivity index is 1.70. The van der Waals surface area contributed by atoms with E-state index in [1.54, 1.807) is 0 Å². The van der Waals surface area contributed by atoms with Crippen LogP contribution in [0.4, 0.5) is 0 Å². The van der Waals surface area contributed by atoms with Gasteiger partial charge in [-0.15, -0.1) is 0 Å². The summed E-state index contributed by atoms with van der Waals surface area (Å²) in [5, 5.41) is 9.82. The van der Waals surface area contributed by atoms with Crippen molar-refractivity contribution >= 4 is 5.78 Å². The molecule has 2 fully saturated rings. The molecular weight excluding hydrogens is 166 g/mol. The summed E-state index contributed by atoms with van der Waals surface area (Å²) < 4.78 is 0. The Morgan fingerprint density at radius 1 is 1.46 bits per heavy atom. The summed E-state index contributed by atoms with van der Waals surface area (Å²) in [5.74, 6) is 0.348. The Morgan fingerprint density at radius 2 is 2.23 bits per heavy atom. The highest BCUT2D eigenvalue weighted by atomic mass is 16.3. The fourth-order valence-electron chi connectivity index (χ4n) is 2.08. The summed E-state index contributed by atoms with van der Waals surface area (Å²) in [7, 11) is 0. The standard InChI is InChI=1S/C10H17NO2/c12-9-2-6-11(8-9)7-5-10(13)3-1-4-10/h13H,1-8H2. The SMILES string of the molecule is O=C1CCN(CCC2(O)CCC2)C1. The van der Waals surface area contributed by atoms with E-state index in [1.807, 2.05) is 0 Å². The van der Waals surface area contributed by atoms with Gasteiger partial charge in [-0.2, -0.15) is 0 Å². The molecule has 3 heteroatoms. The summed E-state index contributed by atoms with van der Waals surface area (Å²) in [5.41, 5.74) is -0.383. The summed E-state index contributed by atoms with van der Waals surface area (Å²) in [6, 6.07) is 0. The Labute approximate surface area is 78.7 Å². The molecule has 1 aliphatic heterocycles. The topological polar surface area (TPSA) is 40.5 Å². The van der Waals surface area contributed by atoms with E-state index in [0.717, 1.165) is 38.8 Å². The predicted molar refractivity (Wildman–Crippen MR) is 49.5 cm³/mol. The maximum absolute atomic E-state index is 11.0. The summed E-state index contributed by atoms with van der Waals surface area (Å²) in [6.07, 6.45) is 4.62. The number of ketones is 1. The van der Waals surface area contributed by atoms with Crippen molar-refractivity contribution in [3.05, 3.63) is 0 Å². The molecule has 0 aromatic carbocycles. The fraction of sp³-hybridized carbons (Fsp3) is 0.900. The molecule has 2 aliphatic rings. The van der Waals surface area contributed by atoms with Gasteiger partial charge in [0.25, 0.3) is 0 Å². The number of carbonyl (C=O) groups excluding carboxylic acids is 1. The van der Waals surface area contributed by atoms with E-state index in [9.17, 15) is 9.90 Å². The van der Waals surface area contributed by atoms with E-state index in [1.165, 1.54) is 0 Å². The van der Waals surface area contributed by atoms with Crippen LogP contribution in [0.15, 0.2) is 0 Å². The zero-order valence-corrected chi connectivity index (χ0v) is 7.96. The maximum atomic E-state index is 11.0. The molecule has 3 nitrogen and oxygen atoms in total. The Kier molecular flexibility index (Phi) is 2.39. The fourth-order valence-corrected chi connectivity index (χ4v) is 2.08. The lowest BCUT2D eigenvalue weighted by Gasteiger charge is -2.37.